The highest BCUT2D eigenvalue weighted by molar-refractivity contribution is 5.46. The molecule has 0 bridgehead atoms. The highest BCUT2D eigenvalue weighted by atomic mass is 19.1. The average molecular weight is 293 g/mol. The minimum atomic E-state index is -0.164. The summed E-state index contributed by atoms with van der Waals surface area (Å²) in [4.78, 5) is 4.92. The Kier molecular flexibility index (Phi) is 6.00. The lowest BCUT2D eigenvalue weighted by Gasteiger charge is -2.40. The van der Waals surface area contributed by atoms with Crippen molar-refractivity contribution in [3.63, 3.8) is 0 Å². The number of rotatable bonds is 6. The van der Waals surface area contributed by atoms with E-state index in [1.54, 1.807) is 12.1 Å². The molecule has 1 aliphatic heterocycles. The van der Waals surface area contributed by atoms with Crippen molar-refractivity contribution in [2.75, 3.05) is 37.6 Å². The van der Waals surface area contributed by atoms with Gasteiger partial charge in [-0.25, -0.2) is 4.39 Å². The summed E-state index contributed by atoms with van der Waals surface area (Å²) >= 11 is 0. The second-order valence-corrected chi connectivity index (χ2v) is 6.12. The highest BCUT2D eigenvalue weighted by Crippen LogP contribution is 2.18. The Morgan fingerprint density at radius 3 is 2.24 bits per heavy atom. The lowest BCUT2D eigenvalue weighted by atomic mass is 10.1. The van der Waals surface area contributed by atoms with E-state index < -0.39 is 0 Å². The first-order chi connectivity index (χ1) is 10.1. The molecule has 3 nitrogen and oxygen atoms in total. The third-order valence-corrected chi connectivity index (χ3v) is 4.26. The normalized spacial score (nSPS) is 18.2. The van der Waals surface area contributed by atoms with Gasteiger partial charge in [0, 0.05) is 50.5 Å². The molecular formula is C17H28FN3. The zero-order valence-electron chi connectivity index (χ0n) is 13.5. The van der Waals surface area contributed by atoms with Crippen molar-refractivity contribution in [1.29, 1.82) is 0 Å². The van der Waals surface area contributed by atoms with Gasteiger partial charge in [0.15, 0.2) is 0 Å². The Hall–Kier alpha value is -1.13. The molecule has 0 amide bonds. The van der Waals surface area contributed by atoms with Crippen LogP contribution in [0.1, 0.15) is 27.2 Å². The molecule has 1 saturated heterocycles. The molecule has 0 aromatic heterocycles. The molecule has 1 fully saturated rings. The fraction of sp³-hybridized carbons (Fsp3) is 0.647. The van der Waals surface area contributed by atoms with Crippen LogP contribution in [-0.4, -0.2) is 49.7 Å². The van der Waals surface area contributed by atoms with E-state index in [1.807, 2.05) is 12.1 Å². The van der Waals surface area contributed by atoms with E-state index in [1.165, 1.54) is 6.42 Å². The maximum atomic E-state index is 13.0. The quantitative estimate of drug-likeness (QED) is 0.870. The van der Waals surface area contributed by atoms with Crippen molar-refractivity contribution in [1.82, 2.24) is 10.2 Å². The number of benzene rings is 1. The van der Waals surface area contributed by atoms with Gasteiger partial charge in [0.1, 0.15) is 5.82 Å². The summed E-state index contributed by atoms with van der Waals surface area (Å²) in [6.45, 7) is 11.9. The molecule has 1 unspecified atom stereocenters. The third-order valence-electron chi connectivity index (χ3n) is 4.26. The van der Waals surface area contributed by atoms with Crippen molar-refractivity contribution in [2.24, 2.45) is 0 Å². The van der Waals surface area contributed by atoms with Crippen LogP contribution in [0.15, 0.2) is 24.3 Å². The zero-order valence-corrected chi connectivity index (χ0v) is 13.5. The smallest absolute Gasteiger partial charge is 0.123 e. The largest absolute Gasteiger partial charge is 0.369 e. The van der Waals surface area contributed by atoms with E-state index in [0.717, 1.165) is 38.4 Å². The Morgan fingerprint density at radius 1 is 1.10 bits per heavy atom. The van der Waals surface area contributed by atoms with Gasteiger partial charge in [0.2, 0.25) is 0 Å². The molecule has 4 heteroatoms. The Labute approximate surface area is 128 Å². The number of nitrogens with one attached hydrogen (secondary N) is 1. The molecule has 1 N–H and O–H groups in total. The first-order valence-corrected chi connectivity index (χ1v) is 8.08. The predicted octanol–water partition coefficient (Wildman–Crippen LogP) is 2.72. The van der Waals surface area contributed by atoms with Crippen molar-refractivity contribution in [3.05, 3.63) is 30.1 Å². The predicted molar refractivity (Wildman–Crippen MR) is 87.4 cm³/mol. The van der Waals surface area contributed by atoms with Crippen LogP contribution < -0.4 is 10.2 Å². The fourth-order valence-electron chi connectivity index (χ4n) is 2.90. The number of piperazine rings is 1. The molecule has 2 rings (SSSR count). The van der Waals surface area contributed by atoms with Crippen LogP contribution in [-0.2, 0) is 0 Å². The van der Waals surface area contributed by atoms with Gasteiger partial charge in [-0.2, -0.15) is 0 Å². The molecular weight excluding hydrogens is 265 g/mol. The highest BCUT2D eigenvalue weighted by Gasteiger charge is 2.22. The summed E-state index contributed by atoms with van der Waals surface area (Å²) in [5.74, 6) is -0.164. The number of anilines is 1. The second kappa shape index (κ2) is 7.76. The van der Waals surface area contributed by atoms with Crippen LogP contribution in [0.25, 0.3) is 0 Å². The van der Waals surface area contributed by atoms with E-state index >= 15 is 0 Å². The lowest BCUT2D eigenvalue weighted by Crippen LogP contribution is -2.53. The summed E-state index contributed by atoms with van der Waals surface area (Å²) < 4.78 is 13.0. The fourth-order valence-corrected chi connectivity index (χ4v) is 2.90. The first kappa shape index (κ1) is 16.2. The number of nitrogens with zero attached hydrogens (tertiary/aromatic N) is 2. The van der Waals surface area contributed by atoms with Crippen molar-refractivity contribution >= 4 is 5.69 Å². The molecule has 1 aliphatic rings. The Morgan fingerprint density at radius 2 is 1.71 bits per heavy atom. The summed E-state index contributed by atoms with van der Waals surface area (Å²) in [6.07, 6.45) is 1.18. The minimum absolute atomic E-state index is 0.164. The van der Waals surface area contributed by atoms with Crippen molar-refractivity contribution in [3.8, 4) is 0 Å². The molecule has 0 saturated carbocycles. The van der Waals surface area contributed by atoms with Gasteiger partial charge in [-0.05, 0) is 30.7 Å². The number of hydrogen-bond acceptors (Lipinski definition) is 3. The van der Waals surface area contributed by atoms with Crippen molar-refractivity contribution < 1.29 is 4.39 Å². The molecule has 0 radical (unpaired) electrons. The van der Waals surface area contributed by atoms with E-state index in [2.05, 4.69) is 35.9 Å². The van der Waals surface area contributed by atoms with E-state index in [0.29, 0.717) is 12.1 Å². The van der Waals surface area contributed by atoms with Crippen LogP contribution >= 0.6 is 0 Å². The van der Waals surface area contributed by atoms with Crippen LogP contribution in [0.3, 0.4) is 0 Å². The maximum absolute atomic E-state index is 13.0. The van der Waals surface area contributed by atoms with Gasteiger partial charge < -0.3 is 10.2 Å². The minimum Gasteiger partial charge on any atom is -0.369 e. The third kappa shape index (κ3) is 4.68. The molecule has 21 heavy (non-hydrogen) atoms. The topological polar surface area (TPSA) is 18.5 Å². The number of hydrogen-bond donors (Lipinski definition) is 1. The van der Waals surface area contributed by atoms with Crippen LogP contribution in [0, 0.1) is 5.82 Å². The van der Waals surface area contributed by atoms with Crippen LogP contribution in [0.5, 0.6) is 0 Å². The maximum Gasteiger partial charge on any atom is 0.123 e. The number of halogens is 1. The van der Waals surface area contributed by atoms with Gasteiger partial charge in [-0.1, -0.05) is 20.8 Å². The van der Waals surface area contributed by atoms with Gasteiger partial charge in [0.25, 0.3) is 0 Å². The second-order valence-electron chi connectivity index (χ2n) is 6.12. The van der Waals surface area contributed by atoms with E-state index in [4.69, 9.17) is 0 Å². The summed E-state index contributed by atoms with van der Waals surface area (Å²) in [5.41, 5.74) is 1.13. The molecule has 1 aromatic carbocycles. The molecule has 118 valence electrons. The Balaban J connectivity index is 1.85. The van der Waals surface area contributed by atoms with Gasteiger partial charge in [-0.3, -0.25) is 4.90 Å². The monoisotopic (exact) mass is 293 g/mol. The molecule has 1 aromatic rings. The average Bonchev–Trinajstić information content (AvgIpc) is 2.49. The van der Waals surface area contributed by atoms with Gasteiger partial charge in [-0.15, -0.1) is 0 Å². The van der Waals surface area contributed by atoms with Gasteiger partial charge in [0.05, 0.1) is 0 Å². The molecule has 1 atom stereocenters. The lowest BCUT2D eigenvalue weighted by molar-refractivity contribution is 0.174. The first-order valence-electron chi connectivity index (χ1n) is 8.08. The zero-order chi connectivity index (χ0) is 15.2. The Bertz CT molecular complexity index is 411. The standard InChI is InChI=1S/C17H28FN3/c1-4-16(13-19-14(2)3)20-9-11-21(12-10-20)17-7-5-15(18)6-8-17/h5-8,14,16,19H,4,9-13H2,1-3H3. The summed E-state index contributed by atoms with van der Waals surface area (Å²) in [5, 5.41) is 3.55. The SMILES string of the molecule is CCC(CNC(C)C)N1CCN(c2ccc(F)cc2)CC1. The van der Waals surface area contributed by atoms with E-state index in [-0.39, 0.29) is 5.82 Å². The summed E-state index contributed by atoms with van der Waals surface area (Å²) in [7, 11) is 0. The van der Waals surface area contributed by atoms with E-state index in [9.17, 15) is 4.39 Å². The van der Waals surface area contributed by atoms with Crippen LogP contribution in [0.4, 0.5) is 10.1 Å². The molecule has 0 aliphatic carbocycles. The molecule has 0 spiro atoms. The molecule has 1 heterocycles. The van der Waals surface area contributed by atoms with Crippen LogP contribution in [0.2, 0.25) is 0 Å². The van der Waals surface area contributed by atoms with Gasteiger partial charge >= 0.3 is 0 Å². The van der Waals surface area contributed by atoms with Crippen molar-refractivity contribution in [2.45, 2.75) is 39.3 Å². The summed E-state index contributed by atoms with van der Waals surface area (Å²) in [6, 6.07) is 8.00.